The molecule has 1 atom stereocenters. The summed E-state index contributed by atoms with van der Waals surface area (Å²) in [6.07, 6.45) is 1.26. The number of hydrogen-bond donors (Lipinski definition) is 1. The summed E-state index contributed by atoms with van der Waals surface area (Å²) in [7, 11) is -4.04. The first-order valence-electron chi connectivity index (χ1n) is 9.25. The Kier molecular flexibility index (Phi) is 6.91. The Hall–Kier alpha value is -2.98. The van der Waals surface area contributed by atoms with E-state index in [0.717, 1.165) is 17.3 Å². The number of anilines is 1. The average Bonchev–Trinajstić information content (AvgIpc) is 2.98. The fourth-order valence-electron chi connectivity index (χ4n) is 2.79. The molecule has 10 heteroatoms. The predicted octanol–water partition coefficient (Wildman–Crippen LogP) is 3.34. The summed E-state index contributed by atoms with van der Waals surface area (Å²) in [5.41, 5.74) is 1.29. The van der Waals surface area contributed by atoms with Gasteiger partial charge in [0.15, 0.2) is 5.17 Å². The summed E-state index contributed by atoms with van der Waals surface area (Å²) < 4.78 is 42.2. The van der Waals surface area contributed by atoms with Crippen LogP contribution in [-0.2, 0) is 19.6 Å². The van der Waals surface area contributed by atoms with Gasteiger partial charge in [-0.3, -0.25) is 14.5 Å². The van der Waals surface area contributed by atoms with Crippen molar-refractivity contribution in [2.24, 2.45) is 4.40 Å². The van der Waals surface area contributed by atoms with E-state index < -0.39 is 32.9 Å². The molecule has 0 spiro atoms. The van der Waals surface area contributed by atoms with Crippen LogP contribution in [0.25, 0.3) is 0 Å². The van der Waals surface area contributed by atoms with Crippen molar-refractivity contribution in [2.45, 2.75) is 23.5 Å². The van der Waals surface area contributed by atoms with Gasteiger partial charge in [0.05, 0.1) is 4.90 Å². The third-order valence-electron chi connectivity index (χ3n) is 4.35. The monoisotopic (exact) mass is 461 g/mol. The Labute approximate surface area is 184 Å². The van der Waals surface area contributed by atoms with Gasteiger partial charge in [0, 0.05) is 18.7 Å². The highest BCUT2D eigenvalue weighted by Crippen LogP contribution is 2.31. The molecule has 7 nitrogen and oxygen atoms in total. The van der Waals surface area contributed by atoms with E-state index in [-0.39, 0.29) is 23.0 Å². The summed E-state index contributed by atoms with van der Waals surface area (Å²) in [6, 6.07) is 11.4. The van der Waals surface area contributed by atoms with Gasteiger partial charge < -0.3 is 5.32 Å². The lowest BCUT2D eigenvalue weighted by molar-refractivity contribution is -0.127. The highest BCUT2D eigenvalue weighted by atomic mass is 32.2. The molecule has 1 aliphatic heterocycles. The first kappa shape index (κ1) is 22.7. The van der Waals surface area contributed by atoms with Crippen LogP contribution in [-0.4, -0.2) is 42.1 Å². The van der Waals surface area contributed by atoms with Gasteiger partial charge in [-0.1, -0.05) is 35.5 Å². The van der Waals surface area contributed by atoms with Gasteiger partial charge in [-0.2, -0.15) is 8.42 Å². The minimum absolute atomic E-state index is 0.00899. The number of nitrogens with zero attached hydrogens (tertiary/aromatic N) is 2. The molecule has 2 aromatic rings. The number of aryl methyl sites for hydroxylation is 1. The van der Waals surface area contributed by atoms with Gasteiger partial charge in [0.1, 0.15) is 11.1 Å². The Bertz CT molecular complexity index is 1130. The fourth-order valence-corrected chi connectivity index (χ4v) is 5.15. The lowest BCUT2D eigenvalue weighted by atomic mass is 10.2. The number of thioether (sulfide) groups is 1. The van der Waals surface area contributed by atoms with Gasteiger partial charge in [-0.15, -0.1) is 11.0 Å². The average molecular weight is 462 g/mol. The lowest BCUT2D eigenvalue weighted by Crippen LogP contribution is -2.33. The quantitative estimate of drug-likeness (QED) is 0.638. The van der Waals surface area contributed by atoms with Crippen molar-refractivity contribution in [1.29, 1.82) is 0 Å². The van der Waals surface area contributed by atoms with Crippen molar-refractivity contribution in [3.63, 3.8) is 0 Å². The minimum Gasteiger partial charge on any atom is -0.326 e. The Balaban J connectivity index is 1.78. The maximum atomic E-state index is 13.0. The van der Waals surface area contributed by atoms with Gasteiger partial charge in [-0.25, -0.2) is 4.39 Å². The normalized spacial score (nSPS) is 17.7. The Morgan fingerprint density at radius 3 is 2.48 bits per heavy atom. The van der Waals surface area contributed by atoms with Crippen LogP contribution in [0.4, 0.5) is 10.1 Å². The van der Waals surface area contributed by atoms with Gasteiger partial charge in [-0.05, 0) is 43.3 Å². The van der Waals surface area contributed by atoms with Crippen molar-refractivity contribution >= 4 is 44.5 Å². The molecule has 2 aromatic carbocycles. The molecule has 162 valence electrons. The molecule has 2 amide bonds. The van der Waals surface area contributed by atoms with Gasteiger partial charge in [0.25, 0.3) is 10.0 Å². The smallest absolute Gasteiger partial charge is 0.284 e. The van der Waals surface area contributed by atoms with Crippen LogP contribution in [0.1, 0.15) is 12.0 Å². The highest BCUT2D eigenvalue weighted by molar-refractivity contribution is 8.16. The van der Waals surface area contributed by atoms with E-state index in [1.807, 2.05) is 6.92 Å². The molecule has 0 radical (unpaired) electrons. The molecular weight excluding hydrogens is 441 g/mol. The van der Waals surface area contributed by atoms with Crippen LogP contribution in [0.5, 0.6) is 0 Å². The molecule has 1 N–H and O–H groups in total. The molecule has 1 saturated heterocycles. The summed E-state index contributed by atoms with van der Waals surface area (Å²) in [6.45, 7) is 5.48. The molecule has 1 fully saturated rings. The number of carbonyl (C=O) groups excluding carboxylic acids is 2. The number of benzene rings is 2. The predicted molar refractivity (Wildman–Crippen MR) is 119 cm³/mol. The van der Waals surface area contributed by atoms with Crippen molar-refractivity contribution in [1.82, 2.24) is 4.90 Å². The lowest BCUT2D eigenvalue weighted by Gasteiger charge is -2.13. The molecule has 0 aromatic heterocycles. The molecule has 0 bridgehead atoms. The molecule has 3 rings (SSSR count). The van der Waals surface area contributed by atoms with Crippen LogP contribution in [0, 0.1) is 12.7 Å². The zero-order chi connectivity index (χ0) is 22.6. The maximum absolute atomic E-state index is 13.0. The SMILES string of the molecule is C=CCN1C(=O)C(CC(=O)Nc2ccc(F)cc2)S/C1=N\S(=O)(=O)c1ccc(C)cc1. The van der Waals surface area contributed by atoms with E-state index in [1.54, 1.807) is 12.1 Å². The van der Waals surface area contributed by atoms with E-state index in [9.17, 15) is 22.4 Å². The number of carbonyl (C=O) groups is 2. The highest BCUT2D eigenvalue weighted by Gasteiger charge is 2.39. The van der Waals surface area contributed by atoms with Crippen LogP contribution in [0.2, 0.25) is 0 Å². The molecule has 0 saturated carbocycles. The molecule has 1 heterocycles. The molecule has 1 aliphatic rings. The van der Waals surface area contributed by atoms with Crippen molar-refractivity contribution in [2.75, 3.05) is 11.9 Å². The van der Waals surface area contributed by atoms with Crippen molar-refractivity contribution in [3.05, 3.63) is 72.6 Å². The number of sulfonamides is 1. The fraction of sp³-hybridized carbons (Fsp3) is 0.190. The number of hydrogen-bond acceptors (Lipinski definition) is 5. The van der Waals surface area contributed by atoms with Crippen molar-refractivity contribution < 1.29 is 22.4 Å². The Morgan fingerprint density at radius 1 is 1.23 bits per heavy atom. The summed E-state index contributed by atoms with van der Waals surface area (Å²) >= 11 is 0.911. The van der Waals surface area contributed by atoms with Crippen LogP contribution < -0.4 is 5.32 Å². The maximum Gasteiger partial charge on any atom is 0.284 e. The topological polar surface area (TPSA) is 95.9 Å². The summed E-state index contributed by atoms with van der Waals surface area (Å²) in [5, 5.41) is 1.74. The number of halogens is 1. The minimum atomic E-state index is -4.04. The largest absolute Gasteiger partial charge is 0.326 e. The molecule has 31 heavy (non-hydrogen) atoms. The zero-order valence-electron chi connectivity index (χ0n) is 16.6. The number of rotatable bonds is 7. The Morgan fingerprint density at radius 2 is 1.87 bits per heavy atom. The first-order valence-corrected chi connectivity index (χ1v) is 11.6. The van der Waals surface area contributed by atoms with Crippen molar-refractivity contribution in [3.8, 4) is 0 Å². The second-order valence-electron chi connectivity index (χ2n) is 6.77. The third-order valence-corrected chi connectivity index (χ3v) is 6.92. The van der Waals surface area contributed by atoms with E-state index >= 15 is 0 Å². The second kappa shape index (κ2) is 9.44. The first-order chi connectivity index (χ1) is 14.7. The summed E-state index contributed by atoms with van der Waals surface area (Å²) in [4.78, 5) is 26.3. The third kappa shape index (κ3) is 5.59. The second-order valence-corrected chi connectivity index (χ2v) is 9.54. The van der Waals surface area contributed by atoms with E-state index in [1.165, 1.54) is 47.4 Å². The van der Waals surface area contributed by atoms with E-state index in [2.05, 4.69) is 16.3 Å². The number of amides is 2. The standard InChI is InChI=1S/C21H20FN3O4S2/c1-3-12-25-20(27)18(13-19(26)23-16-8-6-15(22)7-9-16)30-21(25)24-31(28,29)17-10-4-14(2)5-11-17/h3-11,18H,1,12-13H2,2H3,(H,23,26)/b24-21-. The summed E-state index contributed by atoms with van der Waals surface area (Å²) in [5.74, 6) is -1.33. The number of amidine groups is 1. The van der Waals surface area contributed by atoms with Crippen LogP contribution in [0.15, 0.2) is 70.5 Å². The zero-order valence-corrected chi connectivity index (χ0v) is 18.2. The van der Waals surface area contributed by atoms with Crippen LogP contribution >= 0.6 is 11.8 Å². The molecule has 0 aliphatic carbocycles. The molecule has 1 unspecified atom stereocenters. The van der Waals surface area contributed by atoms with Gasteiger partial charge in [0.2, 0.25) is 11.8 Å². The van der Waals surface area contributed by atoms with E-state index in [0.29, 0.717) is 5.69 Å². The van der Waals surface area contributed by atoms with Crippen LogP contribution in [0.3, 0.4) is 0 Å². The molecular formula is C21H20FN3O4S2. The van der Waals surface area contributed by atoms with E-state index in [4.69, 9.17) is 0 Å². The number of nitrogens with one attached hydrogen (secondary N) is 1. The van der Waals surface area contributed by atoms with Gasteiger partial charge >= 0.3 is 0 Å².